The van der Waals surface area contributed by atoms with Crippen LogP contribution in [0.15, 0.2) is 152 Å². The molecule has 7 aromatic rings. The van der Waals surface area contributed by atoms with E-state index in [-0.39, 0.29) is 33.8 Å². The Kier molecular flexibility index (Phi) is 6.69. The van der Waals surface area contributed by atoms with Gasteiger partial charge in [-0.15, -0.1) is 0 Å². The summed E-state index contributed by atoms with van der Waals surface area (Å²) in [5.74, 6) is 2.00. The monoisotopic (exact) mass is 826 g/mol. The highest BCUT2D eigenvalue weighted by atomic mass is 15.2. The Hall–Kier alpha value is -5.80. The standard InChI is InChI=1S/C61H55BN2/c1-57(2)37-28-31-51(57)60(35-37)43-24-14-12-22-41(43)53-46(60)34-50-55-56(53)64(40-20-10-7-11-21-40)49-30-29-45-52(42-23-13-15-25-44(42)61(45)36-38-32-33-59(61,5)58(38,3)4)54(49)62(55)47-26-16-17-27-48(47)63(50)39-18-8-6-9-19-39/h6-27,29-30,34,37-38,51H,28,31-33,35-36H2,1-5H3/t37?,38?,51-,59?,60-,61-/m0/s1. The van der Waals surface area contributed by atoms with Crippen molar-refractivity contribution in [3.8, 4) is 22.3 Å². The molecule has 6 aliphatic carbocycles. The number of fused-ring (bicyclic) bond motifs is 22. The van der Waals surface area contributed by atoms with Crippen LogP contribution in [0.2, 0.25) is 0 Å². The van der Waals surface area contributed by atoms with Crippen molar-refractivity contribution >= 4 is 57.2 Å². The topological polar surface area (TPSA) is 6.48 Å². The molecule has 312 valence electrons. The molecule has 3 unspecified atom stereocenters. The maximum atomic E-state index is 2.76. The van der Waals surface area contributed by atoms with Crippen LogP contribution >= 0.6 is 0 Å². The maximum absolute atomic E-state index is 2.76. The Balaban J connectivity index is 1.12. The van der Waals surface area contributed by atoms with Crippen molar-refractivity contribution in [3.05, 3.63) is 174 Å². The molecule has 4 saturated carbocycles. The van der Waals surface area contributed by atoms with Crippen molar-refractivity contribution in [2.45, 2.75) is 84.0 Å². The van der Waals surface area contributed by atoms with Gasteiger partial charge in [0.25, 0.3) is 6.71 Å². The first kappa shape index (κ1) is 36.5. The number of para-hydroxylation sites is 3. The number of anilines is 6. The van der Waals surface area contributed by atoms with E-state index >= 15 is 0 Å². The lowest BCUT2D eigenvalue weighted by atomic mass is 9.32. The van der Waals surface area contributed by atoms with E-state index in [0.717, 1.165) is 0 Å². The summed E-state index contributed by atoms with van der Waals surface area (Å²) in [7, 11) is 0. The first-order chi connectivity index (χ1) is 31.1. The number of rotatable bonds is 2. The summed E-state index contributed by atoms with van der Waals surface area (Å²) in [6.07, 6.45) is 7.71. The molecule has 64 heavy (non-hydrogen) atoms. The van der Waals surface area contributed by atoms with Crippen molar-refractivity contribution < 1.29 is 0 Å². The van der Waals surface area contributed by atoms with Crippen LogP contribution in [-0.2, 0) is 10.8 Å². The van der Waals surface area contributed by atoms with E-state index in [2.05, 4.69) is 196 Å². The summed E-state index contributed by atoms with van der Waals surface area (Å²) >= 11 is 0. The fourth-order valence-electron chi connectivity index (χ4n) is 17.4. The van der Waals surface area contributed by atoms with Gasteiger partial charge in [-0.05, 0) is 170 Å². The second-order valence-electron chi connectivity index (χ2n) is 22.6. The van der Waals surface area contributed by atoms with Gasteiger partial charge in [-0.2, -0.15) is 0 Å². The quantitative estimate of drug-likeness (QED) is 0.160. The van der Waals surface area contributed by atoms with E-state index in [1.54, 1.807) is 22.3 Å². The minimum absolute atomic E-state index is 0.0246. The molecule has 0 radical (unpaired) electrons. The SMILES string of the molecule is CC1(C)C2CC[C@@H]1[C@@]1(C2)c2ccccc2-c2c1cc1c3c2N(c2ccccc2)c2ccc4c(c2B3c2ccccc2N1c1ccccc1)-c1ccccc1[C@@]41CC2CCC1(C)C2(C)C. The fourth-order valence-corrected chi connectivity index (χ4v) is 17.4. The molecule has 15 rings (SSSR count). The van der Waals surface area contributed by atoms with Gasteiger partial charge in [0.15, 0.2) is 0 Å². The molecule has 2 nitrogen and oxygen atoms in total. The largest absolute Gasteiger partial charge is 0.311 e. The summed E-state index contributed by atoms with van der Waals surface area (Å²) in [6.45, 7) is 13.1. The zero-order chi connectivity index (χ0) is 42.7. The fraction of sp³-hybridized carbons (Fsp3) is 0.311. The molecule has 7 aromatic carbocycles. The molecule has 3 heteroatoms. The van der Waals surface area contributed by atoms with E-state index in [1.807, 2.05) is 0 Å². The Morgan fingerprint density at radius 2 is 1.16 bits per heavy atom. The first-order valence-electron chi connectivity index (χ1n) is 24.5. The number of hydrogen-bond donors (Lipinski definition) is 0. The van der Waals surface area contributed by atoms with Crippen LogP contribution < -0.4 is 26.2 Å². The predicted octanol–water partition coefficient (Wildman–Crippen LogP) is 13.6. The van der Waals surface area contributed by atoms with Crippen LogP contribution in [0, 0.1) is 34.0 Å². The van der Waals surface area contributed by atoms with Gasteiger partial charge in [-0.25, -0.2) is 0 Å². The van der Waals surface area contributed by atoms with Gasteiger partial charge in [0, 0.05) is 44.8 Å². The number of benzene rings is 7. The molecule has 0 amide bonds. The van der Waals surface area contributed by atoms with Crippen molar-refractivity contribution in [2.75, 3.05) is 9.80 Å². The first-order valence-corrected chi connectivity index (χ1v) is 24.5. The third-order valence-electron chi connectivity index (χ3n) is 20.5. The second-order valence-corrected chi connectivity index (χ2v) is 22.6. The van der Waals surface area contributed by atoms with Crippen LogP contribution in [0.25, 0.3) is 22.3 Å². The average molecular weight is 827 g/mol. The maximum Gasteiger partial charge on any atom is 0.252 e. The molecule has 0 aromatic heterocycles. The summed E-state index contributed by atoms with van der Waals surface area (Å²) in [5.41, 5.74) is 25.0. The van der Waals surface area contributed by atoms with Gasteiger partial charge in [-0.3, -0.25) is 0 Å². The molecule has 2 aliphatic heterocycles. The third-order valence-corrected chi connectivity index (χ3v) is 20.5. The highest BCUT2D eigenvalue weighted by Gasteiger charge is 2.72. The van der Waals surface area contributed by atoms with E-state index in [9.17, 15) is 0 Å². The molecule has 4 fully saturated rings. The Morgan fingerprint density at radius 1 is 0.500 bits per heavy atom. The van der Waals surface area contributed by atoms with E-state index in [0.29, 0.717) is 17.8 Å². The Labute approximate surface area is 379 Å². The molecule has 2 heterocycles. The van der Waals surface area contributed by atoms with E-state index in [4.69, 9.17) is 0 Å². The Bertz CT molecular complexity index is 3200. The molecular formula is C61H55BN2. The Morgan fingerprint density at radius 3 is 1.83 bits per heavy atom. The van der Waals surface area contributed by atoms with Crippen LogP contribution in [0.3, 0.4) is 0 Å². The molecule has 6 atom stereocenters. The molecule has 0 N–H and O–H groups in total. The minimum atomic E-state index is -0.0331. The molecule has 4 bridgehead atoms. The third kappa shape index (κ3) is 3.84. The zero-order valence-corrected chi connectivity index (χ0v) is 37.9. The van der Waals surface area contributed by atoms with Gasteiger partial charge in [0.05, 0.1) is 5.69 Å². The van der Waals surface area contributed by atoms with Crippen molar-refractivity contribution in [3.63, 3.8) is 0 Å². The second kappa shape index (κ2) is 11.7. The normalized spacial score (nSPS) is 29.1. The van der Waals surface area contributed by atoms with Crippen LogP contribution in [0.5, 0.6) is 0 Å². The van der Waals surface area contributed by atoms with Crippen molar-refractivity contribution in [1.29, 1.82) is 0 Å². The summed E-state index contributed by atoms with van der Waals surface area (Å²) in [5, 5.41) is 0. The summed E-state index contributed by atoms with van der Waals surface area (Å²) in [6, 6.07) is 59.6. The highest BCUT2D eigenvalue weighted by Crippen LogP contribution is 2.78. The molecule has 0 saturated heterocycles. The number of nitrogens with zero attached hydrogens (tertiary/aromatic N) is 2. The summed E-state index contributed by atoms with van der Waals surface area (Å²) in [4.78, 5) is 5.42. The van der Waals surface area contributed by atoms with Gasteiger partial charge >= 0.3 is 0 Å². The van der Waals surface area contributed by atoms with Crippen LogP contribution in [0.1, 0.15) is 95.4 Å². The van der Waals surface area contributed by atoms with Crippen LogP contribution in [0.4, 0.5) is 34.1 Å². The lowest BCUT2D eigenvalue weighted by Gasteiger charge is -2.49. The minimum Gasteiger partial charge on any atom is -0.311 e. The lowest BCUT2D eigenvalue weighted by Crippen LogP contribution is -2.62. The van der Waals surface area contributed by atoms with E-state index in [1.165, 1.54) is 111 Å². The summed E-state index contributed by atoms with van der Waals surface area (Å²) < 4.78 is 0. The zero-order valence-electron chi connectivity index (χ0n) is 37.9. The van der Waals surface area contributed by atoms with Crippen LogP contribution in [-0.4, -0.2) is 6.71 Å². The number of hydrogen-bond acceptors (Lipinski definition) is 2. The highest BCUT2D eigenvalue weighted by molar-refractivity contribution is 7.01. The van der Waals surface area contributed by atoms with Gasteiger partial charge in [-0.1, -0.05) is 144 Å². The van der Waals surface area contributed by atoms with Gasteiger partial charge < -0.3 is 9.80 Å². The van der Waals surface area contributed by atoms with Crippen molar-refractivity contribution in [1.82, 2.24) is 0 Å². The van der Waals surface area contributed by atoms with Gasteiger partial charge in [0.2, 0.25) is 0 Å². The van der Waals surface area contributed by atoms with E-state index < -0.39 is 0 Å². The smallest absolute Gasteiger partial charge is 0.252 e. The lowest BCUT2D eigenvalue weighted by molar-refractivity contribution is 0.0990. The van der Waals surface area contributed by atoms with Crippen molar-refractivity contribution in [2.24, 2.45) is 34.0 Å². The molecular weight excluding hydrogens is 771 g/mol. The average Bonchev–Trinajstić information content (AvgIpc) is 4.05. The van der Waals surface area contributed by atoms with Gasteiger partial charge in [0.1, 0.15) is 0 Å². The molecule has 2 spiro atoms. The predicted molar refractivity (Wildman–Crippen MR) is 267 cm³/mol. The molecule has 8 aliphatic rings.